The van der Waals surface area contributed by atoms with Crippen LogP contribution in [0.1, 0.15) is 13.8 Å². The lowest BCUT2D eigenvalue weighted by Crippen LogP contribution is -3.15. The van der Waals surface area contributed by atoms with Crippen LogP contribution in [0.4, 0.5) is 0 Å². The molecule has 0 saturated carbocycles. The number of hydrogen-bond donors (Lipinski definition) is 1. The van der Waals surface area contributed by atoms with Crippen LogP contribution in [0.5, 0.6) is 5.75 Å². The van der Waals surface area contributed by atoms with E-state index in [0.29, 0.717) is 25.4 Å². The molecule has 1 N–H and O–H groups in total. The van der Waals surface area contributed by atoms with Gasteiger partial charge in [-0.3, -0.25) is 0 Å². The fourth-order valence-electron chi connectivity index (χ4n) is 3.39. The smallest absolute Gasteiger partial charge is 0.120 e. The van der Waals surface area contributed by atoms with Gasteiger partial charge in [-0.25, -0.2) is 0 Å². The molecule has 4 nitrogen and oxygen atoms in total. The molecule has 24 heavy (non-hydrogen) atoms. The molecule has 0 radical (unpaired) electrons. The summed E-state index contributed by atoms with van der Waals surface area (Å²) < 4.78 is 17.3. The number of rotatable bonds is 7. The van der Waals surface area contributed by atoms with E-state index < -0.39 is 0 Å². The Morgan fingerprint density at radius 3 is 2.50 bits per heavy atom. The van der Waals surface area contributed by atoms with Crippen LogP contribution in [0, 0.1) is 0 Å². The number of ether oxygens (including phenoxy) is 3. The maximum Gasteiger partial charge on any atom is 0.120 e. The highest BCUT2D eigenvalue weighted by Gasteiger charge is 2.24. The van der Waals surface area contributed by atoms with Gasteiger partial charge in [0.2, 0.25) is 0 Å². The maximum atomic E-state index is 5.79. The summed E-state index contributed by atoms with van der Waals surface area (Å²) in [5, 5.41) is 2.44. The van der Waals surface area contributed by atoms with E-state index in [1.807, 2.05) is 12.1 Å². The van der Waals surface area contributed by atoms with Crippen LogP contribution < -0.4 is 9.64 Å². The number of fused-ring (bicyclic) bond motifs is 1. The molecule has 1 heterocycles. The lowest BCUT2D eigenvalue weighted by Gasteiger charge is -2.32. The van der Waals surface area contributed by atoms with Crippen molar-refractivity contribution >= 4 is 10.8 Å². The highest BCUT2D eigenvalue weighted by molar-refractivity contribution is 5.83. The predicted octanol–water partition coefficient (Wildman–Crippen LogP) is 1.93. The third kappa shape index (κ3) is 4.94. The van der Waals surface area contributed by atoms with Crippen molar-refractivity contribution in [3.05, 3.63) is 42.5 Å². The molecule has 1 aliphatic heterocycles. The fourth-order valence-corrected chi connectivity index (χ4v) is 3.39. The molecule has 4 heteroatoms. The molecule has 1 fully saturated rings. The number of hydrogen-bond acceptors (Lipinski definition) is 3. The molecule has 1 unspecified atom stereocenters. The van der Waals surface area contributed by atoms with Crippen LogP contribution in [0.2, 0.25) is 0 Å². The Morgan fingerprint density at radius 1 is 0.958 bits per heavy atom. The first-order valence-corrected chi connectivity index (χ1v) is 8.89. The fraction of sp³-hybridized carbons (Fsp3) is 0.500. The van der Waals surface area contributed by atoms with Crippen LogP contribution in [0.25, 0.3) is 10.8 Å². The van der Waals surface area contributed by atoms with Crippen molar-refractivity contribution in [3.8, 4) is 5.75 Å². The van der Waals surface area contributed by atoms with Crippen molar-refractivity contribution in [3.63, 3.8) is 0 Å². The van der Waals surface area contributed by atoms with Gasteiger partial charge in [0, 0.05) is 0 Å². The third-order valence-electron chi connectivity index (χ3n) is 4.43. The summed E-state index contributed by atoms with van der Waals surface area (Å²) in [5.41, 5.74) is 0. The number of quaternary nitrogens is 1. The Labute approximate surface area is 144 Å². The summed E-state index contributed by atoms with van der Waals surface area (Å²) in [6.07, 6.45) is 0.694. The first kappa shape index (κ1) is 17.2. The van der Waals surface area contributed by atoms with Crippen molar-refractivity contribution < 1.29 is 19.1 Å². The molecule has 3 atom stereocenters. The zero-order valence-electron chi connectivity index (χ0n) is 14.7. The third-order valence-corrected chi connectivity index (χ3v) is 4.43. The van der Waals surface area contributed by atoms with Crippen molar-refractivity contribution in [2.24, 2.45) is 0 Å². The summed E-state index contributed by atoms with van der Waals surface area (Å²) in [7, 11) is 0. The van der Waals surface area contributed by atoms with Crippen molar-refractivity contribution in [1.82, 2.24) is 0 Å². The van der Waals surface area contributed by atoms with Gasteiger partial charge in [-0.15, -0.1) is 0 Å². The van der Waals surface area contributed by atoms with Gasteiger partial charge in [0.1, 0.15) is 44.2 Å². The quantitative estimate of drug-likeness (QED) is 0.787. The Bertz CT molecular complexity index is 636. The zero-order valence-corrected chi connectivity index (χ0v) is 14.7. The molecule has 2 aromatic rings. The second-order valence-electron chi connectivity index (χ2n) is 6.64. The maximum absolute atomic E-state index is 5.79. The molecule has 0 spiro atoms. The topological polar surface area (TPSA) is 32.1 Å². The Hall–Kier alpha value is -1.62. The van der Waals surface area contributed by atoms with Gasteiger partial charge in [-0.05, 0) is 36.8 Å². The summed E-state index contributed by atoms with van der Waals surface area (Å²) in [6.45, 7) is 9.46. The largest absolute Gasteiger partial charge is 0.491 e. The average Bonchev–Trinajstić information content (AvgIpc) is 2.57. The predicted molar refractivity (Wildman–Crippen MR) is 95.8 cm³/mol. The van der Waals surface area contributed by atoms with Gasteiger partial charge in [0.05, 0.1) is 13.2 Å². The molecule has 0 bridgehead atoms. The van der Waals surface area contributed by atoms with Gasteiger partial charge >= 0.3 is 0 Å². The molecule has 2 aromatic carbocycles. The molecule has 0 aliphatic carbocycles. The second kappa shape index (κ2) is 8.47. The molecular formula is C20H28NO3+. The van der Waals surface area contributed by atoms with Crippen LogP contribution in [0.15, 0.2) is 42.5 Å². The van der Waals surface area contributed by atoms with E-state index in [1.54, 1.807) is 4.90 Å². The van der Waals surface area contributed by atoms with Crippen LogP contribution in [-0.2, 0) is 9.47 Å². The Balaban J connectivity index is 1.33. The first-order chi connectivity index (χ1) is 11.7. The van der Waals surface area contributed by atoms with E-state index in [-0.39, 0.29) is 0 Å². The van der Waals surface area contributed by atoms with Crippen LogP contribution >= 0.6 is 0 Å². The minimum Gasteiger partial charge on any atom is -0.491 e. The SMILES string of the molecule is C[C@@H]1C[NH+](CCOCCOc2ccc3ccccc3c2)C[C@H](C)O1. The van der Waals surface area contributed by atoms with Gasteiger partial charge < -0.3 is 19.1 Å². The Morgan fingerprint density at radius 2 is 1.71 bits per heavy atom. The standard InChI is InChI=1S/C20H27NO3/c1-16-14-21(15-17(2)24-16)9-10-22-11-12-23-20-8-7-18-5-3-4-6-19(18)13-20/h3-8,13,16-17H,9-12,14-15H2,1-2H3/p+1/t16-,17+. The summed E-state index contributed by atoms with van der Waals surface area (Å²) >= 11 is 0. The summed E-state index contributed by atoms with van der Waals surface area (Å²) in [6, 6.07) is 14.5. The molecule has 3 rings (SSSR count). The van der Waals surface area contributed by atoms with Gasteiger partial charge in [0.25, 0.3) is 0 Å². The highest BCUT2D eigenvalue weighted by Crippen LogP contribution is 2.20. The van der Waals surface area contributed by atoms with E-state index >= 15 is 0 Å². The van der Waals surface area contributed by atoms with E-state index in [0.717, 1.165) is 32.0 Å². The molecule has 0 amide bonds. The van der Waals surface area contributed by atoms with E-state index in [4.69, 9.17) is 14.2 Å². The number of benzene rings is 2. The monoisotopic (exact) mass is 330 g/mol. The van der Waals surface area contributed by atoms with E-state index in [1.165, 1.54) is 10.8 Å². The van der Waals surface area contributed by atoms with Crippen molar-refractivity contribution in [2.75, 3.05) is 39.5 Å². The van der Waals surface area contributed by atoms with Crippen molar-refractivity contribution in [2.45, 2.75) is 26.1 Å². The molecular weight excluding hydrogens is 302 g/mol. The van der Waals surface area contributed by atoms with Crippen molar-refractivity contribution in [1.29, 1.82) is 0 Å². The zero-order chi connectivity index (χ0) is 16.8. The molecule has 0 aromatic heterocycles. The lowest BCUT2D eigenvalue weighted by molar-refractivity contribution is -0.915. The molecule has 130 valence electrons. The minimum atomic E-state index is 0.347. The van der Waals surface area contributed by atoms with Gasteiger partial charge in [0.15, 0.2) is 0 Å². The first-order valence-electron chi connectivity index (χ1n) is 8.89. The number of nitrogens with one attached hydrogen (secondary N) is 1. The van der Waals surface area contributed by atoms with Gasteiger partial charge in [-0.2, -0.15) is 0 Å². The molecule has 1 saturated heterocycles. The summed E-state index contributed by atoms with van der Waals surface area (Å²) in [5.74, 6) is 0.902. The van der Waals surface area contributed by atoms with Gasteiger partial charge in [-0.1, -0.05) is 30.3 Å². The van der Waals surface area contributed by atoms with Crippen LogP contribution in [-0.4, -0.2) is 51.7 Å². The summed E-state index contributed by atoms with van der Waals surface area (Å²) in [4.78, 5) is 1.57. The van der Waals surface area contributed by atoms with Crippen LogP contribution in [0.3, 0.4) is 0 Å². The number of morpholine rings is 1. The van der Waals surface area contributed by atoms with E-state index in [2.05, 4.69) is 44.2 Å². The average molecular weight is 330 g/mol. The van der Waals surface area contributed by atoms with E-state index in [9.17, 15) is 0 Å². The Kier molecular flexibility index (Phi) is 6.07. The molecule has 1 aliphatic rings. The lowest BCUT2D eigenvalue weighted by atomic mass is 10.1. The highest BCUT2D eigenvalue weighted by atomic mass is 16.5. The second-order valence-corrected chi connectivity index (χ2v) is 6.64. The minimum absolute atomic E-state index is 0.347. The normalized spacial score (nSPS) is 24.2.